The molecule has 0 saturated carbocycles. The van der Waals surface area contributed by atoms with E-state index in [0.717, 1.165) is 0 Å². The Bertz CT molecular complexity index is 425. The minimum Gasteiger partial charge on any atom is -0.288 e. The Hall–Kier alpha value is -1.06. The van der Waals surface area contributed by atoms with Gasteiger partial charge < -0.3 is 0 Å². The van der Waals surface area contributed by atoms with Gasteiger partial charge in [0, 0.05) is 12.4 Å². The van der Waals surface area contributed by atoms with E-state index < -0.39 is 0 Å². The van der Waals surface area contributed by atoms with Crippen molar-refractivity contribution in [1.29, 1.82) is 0 Å². The smallest absolute Gasteiger partial charge is 0.156 e. The van der Waals surface area contributed by atoms with Crippen molar-refractivity contribution >= 4 is 23.2 Å². The number of hydrogen-bond acceptors (Lipinski definition) is 2. The summed E-state index contributed by atoms with van der Waals surface area (Å²) in [7, 11) is 0. The third-order valence-corrected chi connectivity index (χ3v) is 2.02. The van der Waals surface area contributed by atoms with Crippen molar-refractivity contribution in [2.75, 3.05) is 0 Å². The van der Waals surface area contributed by atoms with Crippen LogP contribution in [-0.2, 0) is 0 Å². The Labute approximate surface area is 85.0 Å². The van der Waals surface area contributed by atoms with Crippen LogP contribution in [0.15, 0.2) is 30.9 Å². The summed E-state index contributed by atoms with van der Waals surface area (Å²) < 4.78 is 1.67. The maximum atomic E-state index is 5.91. The van der Waals surface area contributed by atoms with E-state index in [9.17, 15) is 0 Å². The Morgan fingerprint density at radius 1 is 1.23 bits per heavy atom. The van der Waals surface area contributed by atoms with Gasteiger partial charge in [0.25, 0.3) is 0 Å². The molecule has 0 radical (unpaired) electrons. The molecule has 0 N–H and O–H groups in total. The molecule has 0 bridgehead atoms. The van der Waals surface area contributed by atoms with Crippen molar-refractivity contribution in [2.45, 2.75) is 0 Å². The van der Waals surface area contributed by atoms with E-state index in [2.05, 4.69) is 9.97 Å². The van der Waals surface area contributed by atoms with E-state index in [1.165, 1.54) is 0 Å². The molecule has 13 heavy (non-hydrogen) atoms. The van der Waals surface area contributed by atoms with Gasteiger partial charge in [-0.25, -0.2) is 9.97 Å². The minimum absolute atomic E-state index is 0.418. The molecule has 3 nitrogen and oxygen atoms in total. The maximum Gasteiger partial charge on any atom is 0.156 e. The van der Waals surface area contributed by atoms with Gasteiger partial charge >= 0.3 is 0 Å². The molecule has 0 aliphatic heterocycles. The first-order valence-corrected chi connectivity index (χ1v) is 4.33. The normalized spacial score (nSPS) is 10.3. The summed E-state index contributed by atoms with van der Waals surface area (Å²) in [4.78, 5) is 7.96. The summed E-state index contributed by atoms with van der Waals surface area (Å²) in [5.41, 5.74) is 0. The van der Waals surface area contributed by atoms with Crippen LogP contribution in [0, 0.1) is 0 Å². The van der Waals surface area contributed by atoms with Crippen molar-refractivity contribution in [3.63, 3.8) is 0 Å². The first-order valence-electron chi connectivity index (χ1n) is 3.58. The van der Waals surface area contributed by atoms with Gasteiger partial charge in [-0.1, -0.05) is 23.2 Å². The summed E-state index contributed by atoms with van der Waals surface area (Å²) in [6.07, 6.45) is 4.88. The number of hydrogen-bond donors (Lipinski definition) is 0. The average molecular weight is 214 g/mol. The van der Waals surface area contributed by atoms with Gasteiger partial charge in [0.2, 0.25) is 0 Å². The Morgan fingerprint density at radius 3 is 2.69 bits per heavy atom. The molecule has 2 aromatic heterocycles. The van der Waals surface area contributed by atoms with Gasteiger partial charge in [-0.15, -0.1) is 0 Å². The predicted molar refractivity (Wildman–Crippen MR) is 51.4 cm³/mol. The van der Waals surface area contributed by atoms with E-state index in [0.29, 0.717) is 16.0 Å². The van der Waals surface area contributed by atoms with Crippen molar-refractivity contribution < 1.29 is 0 Å². The molecule has 0 aromatic carbocycles. The summed E-state index contributed by atoms with van der Waals surface area (Å²) >= 11 is 11.6. The minimum atomic E-state index is 0.418. The Balaban J connectivity index is 2.52. The fourth-order valence-corrected chi connectivity index (χ4v) is 1.35. The van der Waals surface area contributed by atoms with Crippen LogP contribution < -0.4 is 0 Å². The van der Waals surface area contributed by atoms with Crippen molar-refractivity contribution in [1.82, 2.24) is 14.5 Å². The number of pyridine rings is 1. The van der Waals surface area contributed by atoms with Crippen molar-refractivity contribution in [2.24, 2.45) is 0 Å². The molecule has 0 atom stereocenters. The molecule has 2 rings (SSSR count). The highest BCUT2D eigenvalue weighted by Gasteiger charge is 2.03. The van der Waals surface area contributed by atoms with E-state index in [1.54, 1.807) is 35.4 Å². The number of imidazole rings is 1. The quantitative estimate of drug-likeness (QED) is 0.730. The topological polar surface area (TPSA) is 30.7 Å². The lowest BCUT2D eigenvalue weighted by Gasteiger charge is -2.01. The molecule has 5 heteroatoms. The van der Waals surface area contributed by atoms with Crippen LogP contribution in [-0.4, -0.2) is 14.5 Å². The molecule has 0 amide bonds. The largest absolute Gasteiger partial charge is 0.288 e. The lowest BCUT2D eigenvalue weighted by molar-refractivity contribution is 0.993. The first-order chi connectivity index (χ1) is 6.27. The number of rotatable bonds is 1. The SMILES string of the molecule is Clc1cn(-c2ncccc2Cl)cn1. The van der Waals surface area contributed by atoms with Gasteiger partial charge in [0.15, 0.2) is 5.82 Å². The number of aromatic nitrogens is 3. The van der Waals surface area contributed by atoms with E-state index in [1.807, 2.05) is 0 Å². The first kappa shape index (κ1) is 8.53. The summed E-state index contributed by atoms with van der Waals surface area (Å²) in [5.74, 6) is 0.628. The van der Waals surface area contributed by atoms with E-state index in [-0.39, 0.29) is 0 Å². The van der Waals surface area contributed by atoms with Crippen LogP contribution in [0.5, 0.6) is 0 Å². The van der Waals surface area contributed by atoms with Gasteiger partial charge in [0.1, 0.15) is 11.5 Å². The van der Waals surface area contributed by atoms with Crippen molar-refractivity contribution in [3.05, 3.63) is 41.0 Å². The zero-order valence-electron chi connectivity index (χ0n) is 6.48. The van der Waals surface area contributed by atoms with E-state index in [4.69, 9.17) is 23.2 Å². The molecule has 0 fully saturated rings. The molecule has 0 spiro atoms. The Kier molecular flexibility index (Phi) is 2.20. The Morgan fingerprint density at radius 2 is 2.08 bits per heavy atom. The monoisotopic (exact) mass is 213 g/mol. The highest BCUT2D eigenvalue weighted by Crippen LogP contribution is 2.17. The van der Waals surface area contributed by atoms with Crippen LogP contribution in [0.2, 0.25) is 10.2 Å². The molecule has 0 saturated heterocycles. The highest BCUT2D eigenvalue weighted by atomic mass is 35.5. The molecule has 0 unspecified atom stereocenters. The predicted octanol–water partition coefficient (Wildman–Crippen LogP) is 2.57. The molecule has 0 aliphatic rings. The molecular formula is C8H5Cl2N3. The van der Waals surface area contributed by atoms with E-state index >= 15 is 0 Å². The third-order valence-electron chi connectivity index (χ3n) is 1.53. The molecule has 2 heterocycles. The van der Waals surface area contributed by atoms with Crippen LogP contribution in [0.3, 0.4) is 0 Å². The fraction of sp³-hybridized carbons (Fsp3) is 0. The second-order valence-electron chi connectivity index (χ2n) is 2.41. The zero-order chi connectivity index (χ0) is 9.26. The molecule has 2 aromatic rings. The summed E-state index contributed by atoms with van der Waals surface area (Å²) in [6, 6.07) is 3.53. The van der Waals surface area contributed by atoms with Crippen LogP contribution >= 0.6 is 23.2 Å². The van der Waals surface area contributed by atoms with Crippen LogP contribution in [0.4, 0.5) is 0 Å². The second-order valence-corrected chi connectivity index (χ2v) is 3.21. The lowest BCUT2D eigenvalue weighted by Crippen LogP contribution is -1.93. The van der Waals surface area contributed by atoms with Gasteiger partial charge in [-0.05, 0) is 12.1 Å². The standard InChI is InChI=1S/C8H5Cl2N3/c9-6-2-1-3-11-8(6)13-4-7(10)12-5-13/h1-5H. The molecule has 0 aliphatic carbocycles. The summed E-state index contributed by atoms with van der Waals surface area (Å²) in [6.45, 7) is 0. The highest BCUT2D eigenvalue weighted by molar-refractivity contribution is 6.32. The van der Waals surface area contributed by atoms with Crippen molar-refractivity contribution in [3.8, 4) is 5.82 Å². The van der Waals surface area contributed by atoms with Gasteiger partial charge in [0.05, 0.1) is 5.02 Å². The molecule has 66 valence electrons. The number of nitrogens with zero attached hydrogens (tertiary/aromatic N) is 3. The van der Waals surface area contributed by atoms with Crippen LogP contribution in [0.25, 0.3) is 5.82 Å². The third kappa shape index (κ3) is 1.66. The second kappa shape index (κ2) is 3.36. The molecular weight excluding hydrogens is 209 g/mol. The van der Waals surface area contributed by atoms with Gasteiger partial charge in [-0.3, -0.25) is 4.57 Å². The zero-order valence-corrected chi connectivity index (χ0v) is 8.00. The number of halogens is 2. The van der Waals surface area contributed by atoms with Crippen LogP contribution in [0.1, 0.15) is 0 Å². The maximum absolute atomic E-state index is 5.91. The average Bonchev–Trinajstić information content (AvgIpc) is 2.53. The lowest BCUT2D eigenvalue weighted by atomic mass is 10.4. The van der Waals surface area contributed by atoms with Gasteiger partial charge in [-0.2, -0.15) is 0 Å². The summed E-state index contributed by atoms with van der Waals surface area (Å²) in [5, 5.41) is 0.985. The fourth-order valence-electron chi connectivity index (χ4n) is 0.982.